The molecule has 1 aromatic rings. The molecule has 0 amide bonds. The molecule has 1 heterocycles. The molecule has 2 fully saturated rings. The summed E-state index contributed by atoms with van der Waals surface area (Å²) in [5, 5.41) is 0. The van der Waals surface area contributed by atoms with Gasteiger partial charge in [-0.1, -0.05) is 6.42 Å². The van der Waals surface area contributed by atoms with Gasteiger partial charge in [-0.05, 0) is 37.8 Å². The Morgan fingerprint density at radius 1 is 1.12 bits per heavy atom. The Morgan fingerprint density at radius 3 is 2.56 bits per heavy atom. The molecule has 2 aliphatic rings. The summed E-state index contributed by atoms with van der Waals surface area (Å²) in [7, 11) is 1.08. The van der Waals surface area contributed by atoms with Crippen LogP contribution in [0.1, 0.15) is 32.1 Å². The van der Waals surface area contributed by atoms with Crippen LogP contribution in [0.15, 0.2) is 23.1 Å². The molecule has 1 saturated carbocycles. The van der Waals surface area contributed by atoms with E-state index in [1.165, 1.54) is 20.3 Å². The van der Waals surface area contributed by atoms with Gasteiger partial charge >= 0.3 is 0 Å². The number of methoxy groups -OCH3 is 3. The Bertz CT molecular complexity index is 720. The minimum Gasteiger partial charge on any atom is -0.497 e. The molecule has 6 nitrogen and oxygen atoms in total. The van der Waals surface area contributed by atoms with Crippen molar-refractivity contribution in [1.29, 1.82) is 0 Å². The molecule has 25 heavy (non-hydrogen) atoms. The summed E-state index contributed by atoms with van der Waals surface area (Å²) in [6.07, 6.45) is 5.13. The number of rotatable bonds is 5. The monoisotopic (exact) mass is 369 g/mol. The first-order chi connectivity index (χ1) is 12.0. The Morgan fingerprint density at radius 2 is 1.88 bits per heavy atom. The van der Waals surface area contributed by atoms with Gasteiger partial charge < -0.3 is 14.2 Å². The molecule has 1 aliphatic heterocycles. The molecule has 3 rings (SSSR count). The average Bonchev–Trinajstić information content (AvgIpc) is 3.02. The Hall–Kier alpha value is -1.31. The number of piperidine rings is 1. The van der Waals surface area contributed by atoms with Crippen LogP contribution in [0.4, 0.5) is 0 Å². The van der Waals surface area contributed by atoms with Gasteiger partial charge in [-0.3, -0.25) is 0 Å². The second-order valence-electron chi connectivity index (χ2n) is 6.94. The van der Waals surface area contributed by atoms with Crippen LogP contribution < -0.4 is 9.47 Å². The normalized spacial score (nSPS) is 27.6. The molecule has 1 aromatic carbocycles. The van der Waals surface area contributed by atoms with Crippen molar-refractivity contribution in [1.82, 2.24) is 4.31 Å². The van der Waals surface area contributed by atoms with E-state index in [1.807, 2.05) is 0 Å². The largest absolute Gasteiger partial charge is 0.497 e. The third-order valence-electron chi connectivity index (χ3n) is 5.67. The first-order valence-corrected chi connectivity index (χ1v) is 10.2. The Kier molecular flexibility index (Phi) is 5.27. The number of benzene rings is 1. The van der Waals surface area contributed by atoms with Gasteiger partial charge in [0.25, 0.3) is 0 Å². The maximum absolute atomic E-state index is 13.3. The quantitative estimate of drug-likeness (QED) is 0.798. The highest BCUT2D eigenvalue weighted by atomic mass is 32.2. The molecule has 0 radical (unpaired) electrons. The zero-order valence-corrected chi connectivity index (χ0v) is 16.0. The summed E-state index contributed by atoms with van der Waals surface area (Å²) in [6, 6.07) is 4.88. The van der Waals surface area contributed by atoms with Crippen LogP contribution in [0.25, 0.3) is 0 Å². The number of sulfonamides is 1. The van der Waals surface area contributed by atoms with E-state index in [0.29, 0.717) is 24.6 Å². The van der Waals surface area contributed by atoms with Crippen molar-refractivity contribution >= 4 is 10.0 Å². The van der Waals surface area contributed by atoms with Gasteiger partial charge in [0.2, 0.25) is 10.0 Å². The van der Waals surface area contributed by atoms with E-state index in [9.17, 15) is 8.42 Å². The molecular formula is C18H27NO5S. The molecule has 1 aliphatic carbocycles. The van der Waals surface area contributed by atoms with Gasteiger partial charge in [0, 0.05) is 31.7 Å². The average molecular weight is 369 g/mol. The van der Waals surface area contributed by atoms with Crippen LogP contribution >= 0.6 is 0 Å². The first-order valence-electron chi connectivity index (χ1n) is 8.72. The van der Waals surface area contributed by atoms with E-state index in [1.54, 1.807) is 23.5 Å². The fraction of sp³-hybridized carbons (Fsp3) is 0.667. The predicted octanol–water partition coefficient (Wildman–Crippen LogP) is 2.67. The minimum atomic E-state index is -3.66. The SMILES string of the molecule is COc1ccc(OC)c(S(=O)(=O)N2CCC[C@]3(CCC[C@H]3OC)C2)c1. The van der Waals surface area contributed by atoms with Gasteiger partial charge in [0.1, 0.15) is 16.4 Å². The summed E-state index contributed by atoms with van der Waals surface area (Å²) in [5.74, 6) is 0.844. The van der Waals surface area contributed by atoms with E-state index >= 15 is 0 Å². The molecule has 2 atom stereocenters. The lowest BCUT2D eigenvalue weighted by molar-refractivity contribution is -0.0185. The molecule has 0 bridgehead atoms. The summed E-state index contributed by atoms with van der Waals surface area (Å²) >= 11 is 0. The minimum absolute atomic E-state index is 0.0633. The summed E-state index contributed by atoms with van der Waals surface area (Å²) in [6.45, 7) is 1.04. The lowest BCUT2D eigenvalue weighted by atomic mass is 9.77. The van der Waals surface area contributed by atoms with Crippen molar-refractivity contribution in [3.8, 4) is 11.5 Å². The van der Waals surface area contributed by atoms with E-state index in [2.05, 4.69) is 0 Å². The summed E-state index contributed by atoms with van der Waals surface area (Å²) in [5.41, 5.74) is -0.0633. The van der Waals surface area contributed by atoms with E-state index in [4.69, 9.17) is 14.2 Å². The van der Waals surface area contributed by atoms with Gasteiger partial charge in [-0.2, -0.15) is 4.31 Å². The third kappa shape index (κ3) is 3.25. The molecule has 140 valence electrons. The second kappa shape index (κ2) is 7.13. The maximum Gasteiger partial charge on any atom is 0.246 e. The predicted molar refractivity (Wildman–Crippen MR) is 94.6 cm³/mol. The molecular weight excluding hydrogens is 342 g/mol. The van der Waals surface area contributed by atoms with Gasteiger partial charge in [-0.25, -0.2) is 8.42 Å². The summed E-state index contributed by atoms with van der Waals surface area (Å²) in [4.78, 5) is 0.165. The van der Waals surface area contributed by atoms with Crippen molar-refractivity contribution < 1.29 is 22.6 Å². The van der Waals surface area contributed by atoms with Crippen molar-refractivity contribution in [2.24, 2.45) is 5.41 Å². The third-order valence-corrected chi connectivity index (χ3v) is 7.54. The molecule has 1 saturated heterocycles. The number of hydrogen-bond donors (Lipinski definition) is 0. The van der Waals surface area contributed by atoms with Crippen LogP contribution in [-0.2, 0) is 14.8 Å². The lowest BCUT2D eigenvalue weighted by Gasteiger charge is -2.43. The standard InChI is InChI=1S/C18H27NO5S/c1-22-14-7-8-15(23-2)16(12-14)25(20,21)19-11-5-10-18(13-19)9-4-6-17(18)24-3/h7-8,12,17H,4-6,9-11,13H2,1-3H3/t17-,18-/m1/s1. The Balaban J connectivity index is 1.95. The molecule has 0 aromatic heterocycles. The van der Waals surface area contributed by atoms with Crippen molar-refractivity contribution in [3.63, 3.8) is 0 Å². The van der Waals surface area contributed by atoms with Gasteiger partial charge in [-0.15, -0.1) is 0 Å². The fourth-order valence-corrected chi connectivity index (χ4v) is 6.13. The van der Waals surface area contributed by atoms with Crippen LogP contribution in [-0.4, -0.2) is 53.2 Å². The van der Waals surface area contributed by atoms with Crippen LogP contribution in [0.3, 0.4) is 0 Å². The summed E-state index contributed by atoms with van der Waals surface area (Å²) < 4.78 is 44.4. The van der Waals surface area contributed by atoms with Crippen molar-refractivity contribution in [2.45, 2.75) is 43.1 Å². The van der Waals surface area contributed by atoms with E-state index < -0.39 is 10.0 Å². The van der Waals surface area contributed by atoms with E-state index in [0.717, 1.165) is 32.1 Å². The van der Waals surface area contributed by atoms with Crippen molar-refractivity contribution in [2.75, 3.05) is 34.4 Å². The lowest BCUT2D eigenvalue weighted by Crippen LogP contribution is -2.49. The Labute approximate surface area is 150 Å². The van der Waals surface area contributed by atoms with Crippen LogP contribution in [0.5, 0.6) is 11.5 Å². The number of hydrogen-bond acceptors (Lipinski definition) is 5. The smallest absolute Gasteiger partial charge is 0.246 e. The maximum atomic E-state index is 13.3. The van der Waals surface area contributed by atoms with Gasteiger partial charge in [0.15, 0.2) is 0 Å². The molecule has 0 unspecified atom stereocenters. The molecule has 1 spiro atoms. The second-order valence-corrected chi connectivity index (χ2v) is 8.84. The van der Waals surface area contributed by atoms with Crippen LogP contribution in [0.2, 0.25) is 0 Å². The highest BCUT2D eigenvalue weighted by molar-refractivity contribution is 7.89. The highest BCUT2D eigenvalue weighted by Crippen LogP contribution is 2.47. The van der Waals surface area contributed by atoms with E-state index in [-0.39, 0.29) is 16.4 Å². The van der Waals surface area contributed by atoms with Crippen molar-refractivity contribution in [3.05, 3.63) is 18.2 Å². The molecule has 0 N–H and O–H groups in total. The molecule has 7 heteroatoms. The highest BCUT2D eigenvalue weighted by Gasteiger charge is 2.48. The first kappa shape index (κ1) is 18.5. The van der Waals surface area contributed by atoms with Crippen LogP contribution in [0, 0.1) is 5.41 Å². The number of ether oxygens (including phenoxy) is 3. The fourth-order valence-electron chi connectivity index (χ4n) is 4.39. The van der Waals surface area contributed by atoms with Gasteiger partial charge in [0.05, 0.1) is 20.3 Å². The topological polar surface area (TPSA) is 65.1 Å². The zero-order chi connectivity index (χ0) is 18.1. The number of nitrogens with zero attached hydrogens (tertiary/aromatic N) is 1. The zero-order valence-electron chi connectivity index (χ0n) is 15.2.